The number of benzene rings is 1. The molecular formula is C28H27F3N6O4S. The molecule has 10 nitrogen and oxygen atoms in total. The number of fused-ring (bicyclic) bond motifs is 1. The number of carboxylic acids is 1. The van der Waals surface area contributed by atoms with Gasteiger partial charge in [0.05, 0.1) is 5.52 Å². The van der Waals surface area contributed by atoms with Crippen LogP contribution in [0.3, 0.4) is 0 Å². The molecule has 0 radical (unpaired) electrons. The monoisotopic (exact) mass is 600 g/mol. The van der Waals surface area contributed by atoms with Crippen LogP contribution in [-0.2, 0) is 6.18 Å². The average molecular weight is 601 g/mol. The molecule has 1 atom stereocenters. The van der Waals surface area contributed by atoms with Gasteiger partial charge in [0, 0.05) is 60.0 Å². The van der Waals surface area contributed by atoms with Crippen LogP contribution in [0.5, 0.6) is 0 Å². The summed E-state index contributed by atoms with van der Waals surface area (Å²) in [4.78, 5) is 47.7. The number of likely N-dealkylation sites (tertiary alicyclic amines) is 1. The minimum atomic E-state index is -4.65. The van der Waals surface area contributed by atoms with Gasteiger partial charge >= 0.3 is 18.2 Å². The number of carboxylic acid groups (broad SMARTS) is 1. The number of likely N-dealkylation sites (N-methyl/N-ethyl adjacent to an activating group) is 1. The fraction of sp³-hybridized carbons (Fsp3) is 0.321. The maximum atomic E-state index is 13.4. The van der Waals surface area contributed by atoms with Crippen molar-refractivity contribution in [1.29, 1.82) is 0 Å². The summed E-state index contributed by atoms with van der Waals surface area (Å²) >= 11 is 0.775. The number of nitrogens with one attached hydrogen (secondary N) is 2. The summed E-state index contributed by atoms with van der Waals surface area (Å²) < 4.78 is 42.0. The number of aromatic nitrogens is 3. The summed E-state index contributed by atoms with van der Waals surface area (Å²) in [6.45, 7) is 6.51. The summed E-state index contributed by atoms with van der Waals surface area (Å²) in [6.07, 6.45) is -1.10. The molecule has 2 amide bonds. The Balaban J connectivity index is 1.68. The van der Waals surface area contributed by atoms with E-state index in [1.54, 1.807) is 19.1 Å². The van der Waals surface area contributed by atoms with E-state index in [-0.39, 0.29) is 33.4 Å². The molecule has 1 fully saturated rings. The topological polar surface area (TPSA) is 129 Å². The summed E-state index contributed by atoms with van der Waals surface area (Å²) in [5.74, 6) is -1.27. The van der Waals surface area contributed by atoms with Crippen molar-refractivity contribution < 1.29 is 27.9 Å². The van der Waals surface area contributed by atoms with Crippen LogP contribution < -0.4 is 16.1 Å². The Morgan fingerprint density at radius 3 is 2.62 bits per heavy atom. The molecule has 0 aliphatic carbocycles. The Labute approximate surface area is 241 Å². The quantitative estimate of drug-likeness (QED) is 0.262. The van der Waals surface area contributed by atoms with Gasteiger partial charge in [-0.25, -0.2) is 19.6 Å². The molecule has 5 rings (SSSR count). The number of hydrogen-bond donors (Lipinski definition) is 3. The molecular weight excluding hydrogens is 573 g/mol. The molecule has 220 valence electrons. The number of rotatable bonds is 7. The van der Waals surface area contributed by atoms with Crippen LogP contribution in [0.2, 0.25) is 0 Å². The van der Waals surface area contributed by atoms with Crippen LogP contribution in [0.1, 0.15) is 42.4 Å². The first-order chi connectivity index (χ1) is 20.0. The Morgan fingerprint density at radius 2 is 1.98 bits per heavy atom. The molecule has 3 N–H and O–H groups in total. The van der Waals surface area contributed by atoms with Gasteiger partial charge in [-0.2, -0.15) is 13.2 Å². The van der Waals surface area contributed by atoms with Crippen molar-refractivity contribution in [2.24, 2.45) is 0 Å². The van der Waals surface area contributed by atoms with Gasteiger partial charge in [-0.3, -0.25) is 10.1 Å². The van der Waals surface area contributed by atoms with Gasteiger partial charge in [-0.05, 0) is 43.7 Å². The number of urea groups is 1. The van der Waals surface area contributed by atoms with E-state index in [0.717, 1.165) is 36.2 Å². The predicted molar refractivity (Wildman–Crippen MR) is 153 cm³/mol. The Hall–Kier alpha value is -4.30. The van der Waals surface area contributed by atoms with Gasteiger partial charge in [0.2, 0.25) is 5.43 Å². The van der Waals surface area contributed by atoms with Crippen molar-refractivity contribution in [3.8, 4) is 21.7 Å². The molecule has 1 aliphatic heterocycles. The first-order valence-electron chi connectivity index (χ1n) is 13.2. The van der Waals surface area contributed by atoms with E-state index >= 15 is 0 Å². The van der Waals surface area contributed by atoms with E-state index in [1.807, 2.05) is 11.5 Å². The van der Waals surface area contributed by atoms with Crippen LogP contribution >= 0.6 is 11.3 Å². The van der Waals surface area contributed by atoms with E-state index in [9.17, 15) is 32.7 Å². The van der Waals surface area contributed by atoms with Gasteiger partial charge in [-0.15, -0.1) is 11.3 Å². The fourth-order valence-electron chi connectivity index (χ4n) is 5.08. The normalized spacial score (nSPS) is 15.7. The van der Waals surface area contributed by atoms with E-state index in [4.69, 9.17) is 0 Å². The summed E-state index contributed by atoms with van der Waals surface area (Å²) in [6, 6.07) is 5.78. The zero-order chi connectivity index (χ0) is 30.2. The van der Waals surface area contributed by atoms with Crippen molar-refractivity contribution >= 4 is 40.1 Å². The van der Waals surface area contributed by atoms with Crippen molar-refractivity contribution in [2.75, 3.05) is 31.5 Å². The molecule has 0 bridgehead atoms. The number of alkyl halides is 3. The number of aromatic carboxylic acids is 1. The van der Waals surface area contributed by atoms with Crippen molar-refractivity contribution in [3.63, 3.8) is 0 Å². The largest absolute Gasteiger partial charge is 0.477 e. The third-order valence-corrected chi connectivity index (χ3v) is 8.05. The molecule has 4 heterocycles. The van der Waals surface area contributed by atoms with Crippen LogP contribution in [0.25, 0.3) is 32.6 Å². The lowest BCUT2D eigenvalue weighted by Crippen LogP contribution is -2.28. The number of pyridine rings is 2. The highest BCUT2D eigenvalue weighted by atomic mass is 32.1. The lowest BCUT2D eigenvalue weighted by Gasteiger charge is -2.20. The van der Waals surface area contributed by atoms with Crippen LogP contribution in [0.4, 0.5) is 23.8 Å². The Morgan fingerprint density at radius 1 is 1.19 bits per heavy atom. The highest BCUT2D eigenvalue weighted by molar-refractivity contribution is 7.13. The van der Waals surface area contributed by atoms with E-state index in [2.05, 4.69) is 25.5 Å². The van der Waals surface area contributed by atoms with E-state index in [1.165, 1.54) is 24.5 Å². The molecule has 14 heteroatoms. The number of nitrogens with zero attached hydrogens (tertiary/aromatic N) is 4. The average Bonchev–Trinajstić information content (AvgIpc) is 3.64. The molecule has 0 saturated carbocycles. The molecule has 1 aliphatic rings. The number of carbonyl (C=O) groups is 2. The maximum absolute atomic E-state index is 13.4. The van der Waals surface area contributed by atoms with Crippen LogP contribution in [0, 0.1) is 0 Å². The van der Waals surface area contributed by atoms with Crippen molar-refractivity contribution in [3.05, 3.63) is 63.5 Å². The number of halogens is 3. The van der Waals surface area contributed by atoms with Gasteiger partial charge < -0.3 is 19.9 Å². The lowest BCUT2D eigenvalue weighted by atomic mass is 9.99. The smallest absolute Gasteiger partial charge is 0.434 e. The Bertz CT molecular complexity index is 1740. The summed E-state index contributed by atoms with van der Waals surface area (Å²) in [5.41, 5.74) is -0.524. The van der Waals surface area contributed by atoms with Crippen LogP contribution in [0.15, 0.2) is 46.8 Å². The third kappa shape index (κ3) is 5.72. The number of anilines is 1. The fourth-order valence-corrected chi connectivity index (χ4v) is 5.94. The van der Waals surface area contributed by atoms with Gasteiger partial charge in [0.1, 0.15) is 16.4 Å². The second-order valence-corrected chi connectivity index (χ2v) is 10.6. The molecule has 4 aromatic rings. The zero-order valence-electron chi connectivity index (χ0n) is 22.7. The minimum absolute atomic E-state index is 0.0288. The zero-order valence-corrected chi connectivity index (χ0v) is 23.5. The number of hydrogen-bond acceptors (Lipinski definition) is 7. The standard InChI is InChI=1S/C28H27F3N6O4S/c1-3-32-27(41)35-23-10-17(25-34-22(14-42-25)28(29,30)31)19(11-33-23)15-5-6-21-18(9-15)24(38)20(26(39)40)13-37(21)16-7-8-36(4-2)12-16/h5-6,9-11,13-14,16H,3-4,7-8,12H2,1-2H3,(H,39,40)(H2,32,33,35,41). The Kier molecular flexibility index (Phi) is 8.01. The van der Waals surface area contributed by atoms with Crippen molar-refractivity contribution in [2.45, 2.75) is 32.5 Å². The highest BCUT2D eigenvalue weighted by Crippen LogP contribution is 2.39. The second kappa shape index (κ2) is 11.5. The molecule has 3 aromatic heterocycles. The van der Waals surface area contributed by atoms with Gasteiger partial charge in [0.15, 0.2) is 5.69 Å². The lowest BCUT2D eigenvalue weighted by molar-refractivity contribution is -0.140. The van der Waals surface area contributed by atoms with Crippen LogP contribution in [-0.4, -0.2) is 62.7 Å². The van der Waals surface area contributed by atoms with E-state index in [0.29, 0.717) is 29.7 Å². The summed E-state index contributed by atoms with van der Waals surface area (Å²) in [5, 5.41) is 16.0. The molecule has 0 spiro atoms. The maximum Gasteiger partial charge on any atom is 0.434 e. The highest BCUT2D eigenvalue weighted by Gasteiger charge is 2.34. The first kappa shape index (κ1) is 29.2. The SMILES string of the molecule is CCNC(=O)Nc1cc(-c2nc(C(F)(F)F)cs2)c(-c2ccc3c(c2)c(=O)c(C(=O)O)cn3C2CCN(CC)C2)cn1. The molecule has 1 unspecified atom stereocenters. The van der Waals surface area contributed by atoms with Crippen molar-refractivity contribution in [1.82, 2.24) is 24.8 Å². The molecule has 1 saturated heterocycles. The minimum Gasteiger partial charge on any atom is -0.477 e. The third-order valence-electron chi connectivity index (χ3n) is 7.17. The molecule has 42 heavy (non-hydrogen) atoms. The number of thiazole rings is 1. The number of carbonyl (C=O) groups excluding carboxylic acids is 1. The first-order valence-corrected chi connectivity index (χ1v) is 14.1. The van der Waals surface area contributed by atoms with E-state index < -0.39 is 29.3 Å². The van der Waals surface area contributed by atoms with Gasteiger partial charge in [0.25, 0.3) is 0 Å². The molecule has 1 aromatic carbocycles. The second-order valence-electron chi connectivity index (χ2n) is 9.79. The number of amides is 2. The summed E-state index contributed by atoms with van der Waals surface area (Å²) in [7, 11) is 0. The van der Waals surface area contributed by atoms with Gasteiger partial charge in [-0.1, -0.05) is 13.0 Å². The predicted octanol–water partition coefficient (Wildman–Crippen LogP) is 5.31.